The summed E-state index contributed by atoms with van der Waals surface area (Å²) in [6.45, 7) is 2.47. The van der Waals surface area contributed by atoms with Crippen molar-refractivity contribution in [3.05, 3.63) is 40.4 Å². The fourth-order valence-corrected chi connectivity index (χ4v) is 1.58. The summed E-state index contributed by atoms with van der Waals surface area (Å²) in [5.74, 6) is 0.175. The number of nitrogens with one attached hydrogen (secondary N) is 2. The first kappa shape index (κ1) is 12.9. The maximum absolute atomic E-state index is 11.9. The van der Waals surface area contributed by atoms with Crippen LogP contribution in [0.4, 0.5) is 5.69 Å². The number of rotatable bonds is 4. The van der Waals surface area contributed by atoms with Crippen molar-refractivity contribution in [3.63, 3.8) is 0 Å². The van der Waals surface area contributed by atoms with E-state index in [-0.39, 0.29) is 5.69 Å². The molecule has 0 aliphatic rings. The van der Waals surface area contributed by atoms with Crippen molar-refractivity contribution < 1.29 is 18.7 Å². The first-order chi connectivity index (χ1) is 9.11. The fourth-order valence-electron chi connectivity index (χ4n) is 1.58. The van der Waals surface area contributed by atoms with E-state index in [1.54, 1.807) is 24.3 Å². The third-order valence-corrected chi connectivity index (χ3v) is 2.44. The Kier molecular flexibility index (Phi) is 3.65. The molecule has 19 heavy (non-hydrogen) atoms. The van der Waals surface area contributed by atoms with Gasteiger partial charge in [0.05, 0.1) is 6.61 Å². The smallest absolute Gasteiger partial charge is 0.440 e. The Morgan fingerprint density at radius 3 is 2.63 bits per heavy atom. The number of nitrogens with zero attached hydrogens (tertiary/aromatic N) is 1. The minimum Gasteiger partial charge on any atom is -0.494 e. The van der Waals surface area contributed by atoms with E-state index in [0.29, 0.717) is 18.0 Å². The molecular weight excluding hydrogens is 250 g/mol. The number of aryl methyl sites for hydroxylation is 1. The first-order valence-corrected chi connectivity index (χ1v) is 5.73. The number of aromatic nitrogens is 2. The molecule has 0 unspecified atom stereocenters. The molecule has 0 saturated carbocycles. The number of carbonyl (C=O) groups is 1. The number of ether oxygens (including phenoxy) is 1. The Bertz CT molecular complexity index is 627. The van der Waals surface area contributed by atoms with E-state index in [0.717, 1.165) is 0 Å². The van der Waals surface area contributed by atoms with Gasteiger partial charge in [-0.05, 0) is 36.5 Å². The van der Waals surface area contributed by atoms with E-state index in [4.69, 9.17) is 4.74 Å². The highest BCUT2D eigenvalue weighted by Gasteiger charge is 2.26. The lowest BCUT2D eigenvalue weighted by Gasteiger charge is -2.04. The lowest BCUT2D eigenvalue weighted by atomic mass is 10.3. The van der Waals surface area contributed by atoms with Gasteiger partial charge in [-0.2, -0.15) is 0 Å². The van der Waals surface area contributed by atoms with Crippen LogP contribution in [-0.2, 0) is 7.05 Å². The lowest BCUT2D eigenvalue weighted by Crippen LogP contribution is -2.41. The summed E-state index contributed by atoms with van der Waals surface area (Å²) in [4.78, 5) is 23.2. The second kappa shape index (κ2) is 5.38. The highest BCUT2D eigenvalue weighted by atomic mass is 16.5. The summed E-state index contributed by atoms with van der Waals surface area (Å²) in [6, 6.07) is 6.85. The number of amides is 1. The summed E-state index contributed by atoms with van der Waals surface area (Å²) >= 11 is 0. The monoisotopic (exact) mass is 264 g/mol. The standard InChI is InChI=1S/C12H13N3O4/c1-3-18-9-6-4-8(5-7-9)13-11(16)10-12(17)19-14-15(10)2/h4-7H,3H2,1-2H3,(H-,13,14,16,17)/p+1. The third-order valence-electron chi connectivity index (χ3n) is 2.44. The van der Waals surface area contributed by atoms with E-state index >= 15 is 0 Å². The van der Waals surface area contributed by atoms with Crippen molar-refractivity contribution in [2.45, 2.75) is 6.92 Å². The van der Waals surface area contributed by atoms with Gasteiger partial charge >= 0.3 is 17.2 Å². The van der Waals surface area contributed by atoms with Crippen LogP contribution in [0.25, 0.3) is 0 Å². The average Bonchev–Trinajstić information content (AvgIpc) is 2.72. The van der Waals surface area contributed by atoms with E-state index in [9.17, 15) is 9.59 Å². The number of carbonyl (C=O) groups excluding carboxylic acids is 1. The molecule has 7 nitrogen and oxygen atoms in total. The van der Waals surface area contributed by atoms with Crippen molar-refractivity contribution in [1.82, 2.24) is 5.27 Å². The molecular formula is C12H14N3O4+. The molecule has 1 aromatic heterocycles. The Labute approximate surface area is 108 Å². The van der Waals surface area contributed by atoms with Gasteiger partial charge in [-0.25, -0.2) is 4.79 Å². The Morgan fingerprint density at radius 2 is 2.11 bits per heavy atom. The van der Waals surface area contributed by atoms with Crippen LogP contribution in [0.2, 0.25) is 0 Å². The van der Waals surface area contributed by atoms with Crippen LogP contribution >= 0.6 is 0 Å². The van der Waals surface area contributed by atoms with Crippen LogP contribution in [0, 0.1) is 0 Å². The van der Waals surface area contributed by atoms with Gasteiger partial charge in [-0.1, -0.05) is 4.68 Å². The minimum absolute atomic E-state index is 0.103. The number of hydrogen-bond donors (Lipinski definition) is 2. The molecule has 0 fully saturated rings. The zero-order chi connectivity index (χ0) is 13.8. The Morgan fingerprint density at radius 1 is 1.42 bits per heavy atom. The van der Waals surface area contributed by atoms with Gasteiger partial charge in [0.1, 0.15) is 5.75 Å². The molecule has 2 N–H and O–H groups in total. The molecule has 1 amide bonds. The van der Waals surface area contributed by atoms with Gasteiger partial charge in [0.2, 0.25) is 0 Å². The molecule has 0 bridgehead atoms. The minimum atomic E-state index is -0.717. The van der Waals surface area contributed by atoms with Crippen LogP contribution in [0.5, 0.6) is 5.75 Å². The summed E-state index contributed by atoms with van der Waals surface area (Å²) < 4.78 is 11.0. The van der Waals surface area contributed by atoms with Crippen LogP contribution in [0.1, 0.15) is 17.4 Å². The van der Waals surface area contributed by atoms with Gasteiger partial charge < -0.3 is 10.1 Å². The Hall–Kier alpha value is -2.57. The average molecular weight is 264 g/mol. The molecule has 100 valence electrons. The van der Waals surface area contributed by atoms with Crippen molar-refractivity contribution in [3.8, 4) is 5.75 Å². The number of H-pyrrole nitrogens is 1. The molecule has 7 heteroatoms. The number of anilines is 1. The highest BCUT2D eigenvalue weighted by molar-refractivity contribution is 6.01. The molecule has 0 radical (unpaired) electrons. The zero-order valence-electron chi connectivity index (χ0n) is 10.6. The van der Waals surface area contributed by atoms with Crippen LogP contribution in [0.3, 0.4) is 0 Å². The number of benzene rings is 1. The van der Waals surface area contributed by atoms with Crippen molar-refractivity contribution in [2.24, 2.45) is 7.05 Å². The van der Waals surface area contributed by atoms with Gasteiger partial charge in [0, 0.05) is 5.69 Å². The fraction of sp³-hybridized carbons (Fsp3) is 0.250. The predicted octanol–water partition coefficient (Wildman–Crippen LogP) is 0.443. The quantitative estimate of drug-likeness (QED) is 0.784. The Balaban J connectivity index is 2.13. The predicted molar refractivity (Wildman–Crippen MR) is 66.1 cm³/mol. The van der Waals surface area contributed by atoms with Crippen LogP contribution in [-0.4, -0.2) is 17.8 Å². The van der Waals surface area contributed by atoms with Gasteiger partial charge in [0.25, 0.3) is 0 Å². The second-order valence-corrected chi connectivity index (χ2v) is 3.80. The first-order valence-electron chi connectivity index (χ1n) is 5.73. The summed E-state index contributed by atoms with van der Waals surface area (Å²) in [5, 5.41) is 4.88. The summed E-state index contributed by atoms with van der Waals surface area (Å²) in [7, 11) is 1.51. The molecule has 2 aromatic rings. The van der Waals surface area contributed by atoms with E-state index in [2.05, 4.69) is 15.1 Å². The number of aromatic amines is 1. The molecule has 1 aromatic carbocycles. The zero-order valence-corrected chi connectivity index (χ0v) is 10.6. The maximum Gasteiger partial charge on any atom is 0.440 e. The van der Waals surface area contributed by atoms with Crippen LogP contribution in [0.15, 0.2) is 33.6 Å². The normalized spacial score (nSPS) is 10.2. The number of hydrogen-bond acceptors (Lipinski definition) is 4. The molecule has 0 spiro atoms. The van der Waals surface area contributed by atoms with Crippen molar-refractivity contribution in [2.75, 3.05) is 11.9 Å². The maximum atomic E-state index is 11.9. The van der Waals surface area contributed by atoms with Gasteiger partial charge in [0.15, 0.2) is 7.05 Å². The summed E-state index contributed by atoms with van der Waals surface area (Å²) in [5.41, 5.74) is -0.256. The largest absolute Gasteiger partial charge is 0.494 e. The molecule has 2 rings (SSSR count). The molecule has 1 heterocycles. The lowest BCUT2D eigenvalue weighted by molar-refractivity contribution is -0.741. The SMILES string of the molecule is CCOc1ccc(NC(=O)c2c(=O)o[nH][n+]2C)cc1. The molecule has 0 aliphatic heterocycles. The van der Waals surface area contributed by atoms with Crippen LogP contribution < -0.4 is 20.4 Å². The topological polar surface area (TPSA) is 88.2 Å². The third kappa shape index (κ3) is 2.82. The van der Waals surface area contributed by atoms with Crippen molar-refractivity contribution >= 4 is 11.6 Å². The molecule has 0 saturated heterocycles. The molecule has 0 atom stereocenters. The summed E-state index contributed by atoms with van der Waals surface area (Å²) in [6.07, 6.45) is 0. The van der Waals surface area contributed by atoms with E-state index in [1.807, 2.05) is 6.92 Å². The van der Waals surface area contributed by atoms with Crippen molar-refractivity contribution in [1.29, 1.82) is 0 Å². The highest BCUT2D eigenvalue weighted by Crippen LogP contribution is 2.15. The van der Waals surface area contributed by atoms with E-state index in [1.165, 1.54) is 11.7 Å². The molecule has 0 aliphatic carbocycles. The van der Waals surface area contributed by atoms with Gasteiger partial charge in [-0.15, -0.1) is 0 Å². The van der Waals surface area contributed by atoms with E-state index < -0.39 is 11.5 Å². The van der Waals surface area contributed by atoms with Gasteiger partial charge in [-0.3, -0.25) is 9.32 Å². The second-order valence-electron chi connectivity index (χ2n) is 3.80.